The van der Waals surface area contributed by atoms with Gasteiger partial charge < -0.3 is 15.8 Å². The molecule has 0 rings (SSSR count). The van der Waals surface area contributed by atoms with Gasteiger partial charge in [-0.1, -0.05) is 27.2 Å². The van der Waals surface area contributed by atoms with Gasteiger partial charge in [0.2, 0.25) is 5.91 Å². The standard InChI is InChI=1S/C11H24N2O2/c1-5-6-9(7-15-4)13-11(14)10(12)8(2)3/h8-10H,5-7,12H2,1-4H3,(H,13,14)/t9?,10-/m1/s1. The second-order valence-corrected chi connectivity index (χ2v) is 4.22. The summed E-state index contributed by atoms with van der Waals surface area (Å²) in [6.07, 6.45) is 1.94. The topological polar surface area (TPSA) is 64.3 Å². The number of carbonyl (C=O) groups excluding carboxylic acids is 1. The SMILES string of the molecule is CCCC(COC)NC(=O)[C@H](N)C(C)C. The minimum Gasteiger partial charge on any atom is -0.383 e. The van der Waals surface area contributed by atoms with Crippen molar-refractivity contribution < 1.29 is 9.53 Å². The average molecular weight is 216 g/mol. The fraction of sp³-hybridized carbons (Fsp3) is 0.909. The monoisotopic (exact) mass is 216 g/mol. The van der Waals surface area contributed by atoms with Crippen LogP contribution in [0.4, 0.5) is 0 Å². The second-order valence-electron chi connectivity index (χ2n) is 4.22. The Hall–Kier alpha value is -0.610. The maximum Gasteiger partial charge on any atom is 0.237 e. The molecule has 0 fully saturated rings. The fourth-order valence-electron chi connectivity index (χ4n) is 1.35. The lowest BCUT2D eigenvalue weighted by Gasteiger charge is -2.21. The lowest BCUT2D eigenvalue weighted by atomic mass is 10.0. The molecular weight excluding hydrogens is 192 g/mol. The highest BCUT2D eigenvalue weighted by atomic mass is 16.5. The van der Waals surface area contributed by atoms with E-state index in [1.54, 1.807) is 7.11 Å². The number of nitrogens with one attached hydrogen (secondary N) is 1. The molecule has 0 aromatic carbocycles. The third-order valence-corrected chi connectivity index (χ3v) is 2.37. The van der Waals surface area contributed by atoms with Gasteiger partial charge in [0.25, 0.3) is 0 Å². The number of rotatable bonds is 7. The summed E-state index contributed by atoms with van der Waals surface area (Å²) in [7, 11) is 1.64. The molecule has 0 heterocycles. The first kappa shape index (κ1) is 14.4. The summed E-state index contributed by atoms with van der Waals surface area (Å²) in [6.45, 7) is 6.51. The van der Waals surface area contributed by atoms with E-state index in [4.69, 9.17) is 10.5 Å². The van der Waals surface area contributed by atoms with E-state index in [2.05, 4.69) is 12.2 Å². The zero-order chi connectivity index (χ0) is 11.8. The summed E-state index contributed by atoms with van der Waals surface area (Å²) in [5.41, 5.74) is 5.75. The molecule has 0 aliphatic rings. The number of hydrogen-bond acceptors (Lipinski definition) is 3. The Morgan fingerprint density at radius 1 is 1.47 bits per heavy atom. The van der Waals surface area contributed by atoms with Gasteiger partial charge >= 0.3 is 0 Å². The van der Waals surface area contributed by atoms with Crippen LogP contribution in [0.3, 0.4) is 0 Å². The molecule has 0 aliphatic carbocycles. The summed E-state index contributed by atoms with van der Waals surface area (Å²) in [6, 6.07) is -0.349. The van der Waals surface area contributed by atoms with E-state index in [0.29, 0.717) is 6.61 Å². The van der Waals surface area contributed by atoms with Gasteiger partial charge in [-0.15, -0.1) is 0 Å². The van der Waals surface area contributed by atoms with Gasteiger partial charge in [0.15, 0.2) is 0 Å². The summed E-state index contributed by atoms with van der Waals surface area (Å²) >= 11 is 0. The van der Waals surface area contributed by atoms with Crippen molar-refractivity contribution in [1.29, 1.82) is 0 Å². The first-order valence-corrected chi connectivity index (χ1v) is 5.57. The van der Waals surface area contributed by atoms with Gasteiger partial charge in [-0.05, 0) is 12.3 Å². The molecule has 0 aromatic heterocycles. The van der Waals surface area contributed by atoms with Crippen LogP contribution >= 0.6 is 0 Å². The lowest BCUT2D eigenvalue weighted by molar-refractivity contribution is -0.124. The Labute approximate surface area is 92.6 Å². The van der Waals surface area contributed by atoms with E-state index in [0.717, 1.165) is 12.8 Å². The van der Waals surface area contributed by atoms with Gasteiger partial charge in [0.1, 0.15) is 0 Å². The normalized spacial score (nSPS) is 15.1. The van der Waals surface area contributed by atoms with Crippen molar-refractivity contribution in [3.8, 4) is 0 Å². The smallest absolute Gasteiger partial charge is 0.237 e. The van der Waals surface area contributed by atoms with Crippen LogP contribution in [-0.2, 0) is 9.53 Å². The van der Waals surface area contributed by atoms with E-state index >= 15 is 0 Å². The number of carbonyl (C=O) groups is 1. The molecule has 1 amide bonds. The van der Waals surface area contributed by atoms with Crippen LogP contribution in [-0.4, -0.2) is 31.7 Å². The van der Waals surface area contributed by atoms with Crippen LogP contribution in [0, 0.1) is 5.92 Å². The summed E-state index contributed by atoms with van der Waals surface area (Å²) in [5.74, 6) is 0.0790. The van der Waals surface area contributed by atoms with Crippen molar-refractivity contribution in [3.05, 3.63) is 0 Å². The summed E-state index contributed by atoms with van der Waals surface area (Å²) < 4.78 is 5.04. The highest BCUT2D eigenvalue weighted by Crippen LogP contribution is 2.01. The minimum atomic E-state index is -0.429. The highest BCUT2D eigenvalue weighted by molar-refractivity contribution is 5.82. The average Bonchev–Trinajstić information content (AvgIpc) is 2.17. The van der Waals surface area contributed by atoms with E-state index in [9.17, 15) is 4.79 Å². The maximum atomic E-state index is 11.7. The van der Waals surface area contributed by atoms with Gasteiger partial charge in [-0.3, -0.25) is 4.79 Å². The first-order chi connectivity index (χ1) is 7.02. The number of ether oxygens (including phenoxy) is 1. The lowest BCUT2D eigenvalue weighted by Crippen LogP contribution is -2.49. The van der Waals surface area contributed by atoms with Crippen molar-refractivity contribution in [3.63, 3.8) is 0 Å². The molecule has 15 heavy (non-hydrogen) atoms. The molecule has 4 heteroatoms. The van der Waals surface area contributed by atoms with Crippen LogP contribution in [0.1, 0.15) is 33.6 Å². The molecule has 0 bridgehead atoms. The number of hydrogen-bond donors (Lipinski definition) is 2. The van der Waals surface area contributed by atoms with Gasteiger partial charge in [-0.2, -0.15) is 0 Å². The maximum absolute atomic E-state index is 11.7. The fourth-order valence-corrected chi connectivity index (χ4v) is 1.35. The van der Waals surface area contributed by atoms with Crippen molar-refractivity contribution in [2.45, 2.75) is 45.7 Å². The molecule has 0 spiro atoms. The van der Waals surface area contributed by atoms with Crippen LogP contribution in [0.25, 0.3) is 0 Å². The van der Waals surface area contributed by atoms with Crippen molar-refractivity contribution in [2.75, 3.05) is 13.7 Å². The molecule has 1 unspecified atom stereocenters. The number of amides is 1. The third kappa shape index (κ3) is 5.74. The largest absolute Gasteiger partial charge is 0.383 e. The van der Waals surface area contributed by atoms with Crippen LogP contribution in [0.15, 0.2) is 0 Å². The quantitative estimate of drug-likeness (QED) is 0.664. The van der Waals surface area contributed by atoms with Gasteiger partial charge in [-0.25, -0.2) is 0 Å². The van der Waals surface area contributed by atoms with E-state index in [1.165, 1.54) is 0 Å². The molecule has 0 radical (unpaired) electrons. The van der Waals surface area contributed by atoms with E-state index < -0.39 is 6.04 Å². The van der Waals surface area contributed by atoms with E-state index in [-0.39, 0.29) is 17.9 Å². The zero-order valence-electron chi connectivity index (χ0n) is 10.2. The first-order valence-electron chi connectivity index (χ1n) is 5.57. The molecule has 0 aliphatic heterocycles. The van der Waals surface area contributed by atoms with Crippen LogP contribution in [0.5, 0.6) is 0 Å². The number of nitrogens with two attached hydrogens (primary N) is 1. The van der Waals surface area contributed by atoms with Gasteiger partial charge in [0, 0.05) is 7.11 Å². The van der Waals surface area contributed by atoms with Crippen LogP contribution < -0.4 is 11.1 Å². The Kier molecular flexibility index (Phi) is 7.34. The van der Waals surface area contributed by atoms with E-state index in [1.807, 2.05) is 13.8 Å². The molecule has 0 aromatic rings. The third-order valence-electron chi connectivity index (χ3n) is 2.37. The molecular formula is C11H24N2O2. The predicted molar refractivity (Wildman–Crippen MR) is 61.5 cm³/mol. The Morgan fingerprint density at radius 2 is 2.07 bits per heavy atom. The Bertz CT molecular complexity index is 177. The Morgan fingerprint density at radius 3 is 2.47 bits per heavy atom. The van der Waals surface area contributed by atoms with Crippen molar-refractivity contribution in [2.24, 2.45) is 11.7 Å². The zero-order valence-corrected chi connectivity index (χ0v) is 10.2. The highest BCUT2D eigenvalue weighted by Gasteiger charge is 2.19. The summed E-state index contributed by atoms with van der Waals surface area (Å²) in [5, 5.41) is 2.91. The van der Waals surface area contributed by atoms with Crippen LogP contribution in [0.2, 0.25) is 0 Å². The summed E-state index contributed by atoms with van der Waals surface area (Å²) in [4.78, 5) is 11.7. The molecule has 0 saturated carbocycles. The van der Waals surface area contributed by atoms with Crippen molar-refractivity contribution in [1.82, 2.24) is 5.32 Å². The molecule has 3 N–H and O–H groups in total. The molecule has 4 nitrogen and oxygen atoms in total. The molecule has 2 atom stereocenters. The molecule has 0 saturated heterocycles. The number of methoxy groups -OCH3 is 1. The van der Waals surface area contributed by atoms with Crippen molar-refractivity contribution >= 4 is 5.91 Å². The predicted octanol–water partition coefficient (Wildman–Crippen LogP) is 0.901. The van der Waals surface area contributed by atoms with Gasteiger partial charge in [0.05, 0.1) is 18.7 Å². The minimum absolute atomic E-state index is 0.0808. The Balaban J connectivity index is 4.09. The second kappa shape index (κ2) is 7.65. The molecule has 90 valence electrons.